The molecular formula is C11H17NS. The van der Waals surface area contributed by atoms with Crippen molar-refractivity contribution in [3.05, 3.63) is 21.4 Å². The molecule has 0 radical (unpaired) electrons. The second kappa shape index (κ2) is 3.43. The van der Waals surface area contributed by atoms with Gasteiger partial charge in [-0.2, -0.15) is 0 Å². The van der Waals surface area contributed by atoms with Gasteiger partial charge in [0.15, 0.2) is 0 Å². The molecule has 0 aromatic carbocycles. The highest BCUT2D eigenvalue weighted by Gasteiger charge is 2.25. The molecule has 1 aliphatic rings. The first kappa shape index (κ1) is 9.22. The number of hydrogen-bond acceptors (Lipinski definition) is 2. The number of thiophene rings is 1. The van der Waals surface area contributed by atoms with Gasteiger partial charge < -0.3 is 5.73 Å². The summed E-state index contributed by atoms with van der Waals surface area (Å²) in [5, 5.41) is 0. The Kier molecular flexibility index (Phi) is 2.43. The molecular weight excluding hydrogens is 178 g/mol. The van der Waals surface area contributed by atoms with Crippen LogP contribution < -0.4 is 5.73 Å². The Bertz CT molecular complexity index is 299. The van der Waals surface area contributed by atoms with E-state index in [4.69, 9.17) is 5.73 Å². The van der Waals surface area contributed by atoms with Crippen LogP contribution in [-0.2, 0) is 0 Å². The molecule has 1 fully saturated rings. The van der Waals surface area contributed by atoms with Gasteiger partial charge in [-0.25, -0.2) is 0 Å². The van der Waals surface area contributed by atoms with Crippen molar-refractivity contribution in [2.24, 2.45) is 11.7 Å². The van der Waals surface area contributed by atoms with Crippen LogP contribution in [0.25, 0.3) is 0 Å². The minimum atomic E-state index is 0.297. The molecule has 0 saturated heterocycles. The zero-order valence-electron chi connectivity index (χ0n) is 8.34. The Balaban J connectivity index is 2.08. The lowest BCUT2D eigenvalue weighted by Gasteiger charge is -2.09. The number of aryl methyl sites for hydroxylation is 2. The van der Waals surface area contributed by atoms with Gasteiger partial charge in [-0.3, -0.25) is 0 Å². The molecule has 2 N–H and O–H groups in total. The van der Waals surface area contributed by atoms with Crippen LogP contribution in [0.3, 0.4) is 0 Å². The van der Waals surface area contributed by atoms with Crippen molar-refractivity contribution in [3.8, 4) is 0 Å². The molecule has 13 heavy (non-hydrogen) atoms. The van der Waals surface area contributed by atoms with Gasteiger partial charge in [-0.05, 0) is 37.8 Å². The van der Waals surface area contributed by atoms with Crippen LogP contribution >= 0.6 is 11.3 Å². The lowest BCUT2D eigenvalue weighted by atomic mass is 10.1. The monoisotopic (exact) mass is 195 g/mol. The Labute approximate surface area is 84.0 Å². The molecule has 1 nitrogen and oxygen atoms in total. The summed E-state index contributed by atoms with van der Waals surface area (Å²) >= 11 is 1.87. The van der Waals surface area contributed by atoms with E-state index in [0.717, 1.165) is 5.92 Å². The molecule has 0 amide bonds. The van der Waals surface area contributed by atoms with Crippen molar-refractivity contribution in [1.29, 1.82) is 0 Å². The summed E-state index contributed by atoms with van der Waals surface area (Å²) < 4.78 is 0. The second-order valence-corrected chi connectivity index (χ2v) is 5.48. The van der Waals surface area contributed by atoms with Crippen LogP contribution in [-0.4, -0.2) is 0 Å². The summed E-state index contributed by atoms with van der Waals surface area (Å²) in [6.45, 7) is 4.33. The van der Waals surface area contributed by atoms with Crippen molar-refractivity contribution in [1.82, 2.24) is 0 Å². The fourth-order valence-corrected chi connectivity index (χ4v) is 2.90. The first-order chi connectivity index (χ1) is 6.16. The van der Waals surface area contributed by atoms with Crippen molar-refractivity contribution < 1.29 is 0 Å². The quantitative estimate of drug-likeness (QED) is 0.787. The maximum atomic E-state index is 6.16. The second-order valence-electron chi connectivity index (χ2n) is 4.19. The van der Waals surface area contributed by atoms with Gasteiger partial charge in [0.1, 0.15) is 0 Å². The van der Waals surface area contributed by atoms with E-state index < -0.39 is 0 Å². The Morgan fingerprint density at radius 1 is 1.54 bits per heavy atom. The summed E-state index contributed by atoms with van der Waals surface area (Å²) in [4.78, 5) is 2.79. The maximum Gasteiger partial charge on any atom is 0.0395 e. The molecule has 1 heterocycles. The normalized spacial score (nSPS) is 19.0. The van der Waals surface area contributed by atoms with Crippen LogP contribution in [0.4, 0.5) is 0 Å². The highest BCUT2D eigenvalue weighted by atomic mass is 32.1. The minimum Gasteiger partial charge on any atom is -0.323 e. The lowest BCUT2D eigenvalue weighted by molar-refractivity contribution is 0.603. The fourth-order valence-electron chi connectivity index (χ4n) is 1.85. The molecule has 0 aliphatic heterocycles. The highest BCUT2D eigenvalue weighted by Crippen LogP contribution is 2.39. The summed E-state index contributed by atoms with van der Waals surface area (Å²) in [5.74, 6) is 0.928. The number of rotatable bonds is 3. The van der Waals surface area contributed by atoms with Gasteiger partial charge in [-0.15, -0.1) is 11.3 Å². The summed E-state index contributed by atoms with van der Waals surface area (Å²) in [6.07, 6.45) is 4.00. The third kappa shape index (κ3) is 2.12. The van der Waals surface area contributed by atoms with E-state index in [0.29, 0.717) is 6.04 Å². The average Bonchev–Trinajstić information content (AvgIpc) is 2.77. The largest absolute Gasteiger partial charge is 0.323 e. The summed E-state index contributed by atoms with van der Waals surface area (Å²) in [7, 11) is 0. The van der Waals surface area contributed by atoms with E-state index in [9.17, 15) is 0 Å². The average molecular weight is 195 g/mol. The standard InChI is InChI=1S/C11H17NS/c1-7-5-8(2)13-11(7)10(12)6-9-3-4-9/h5,9-10H,3-4,6,12H2,1-2H3. The van der Waals surface area contributed by atoms with Crippen molar-refractivity contribution in [2.75, 3.05) is 0 Å². The third-order valence-electron chi connectivity index (χ3n) is 2.70. The topological polar surface area (TPSA) is 26.0 Å². The Morgan fingerprint density at radius 2 is 2.23 bits per heavy atom. The molecule has 1 aromatic heterocycles. The third-order valence-corrected chi connectivity index (χ3v) is 3.98. The highest BCUT2D eigenvalue weighted by molar-refractivity contribution is 7.12. The number of nitrogens with two attached hydrogens (primary N) is 1. The first-order valence-corrected chi connectivity index (χ1v) is 5.81. The summed E-state index contributed by atoms with van der Waals surface area (Å²) in [5.41, 5.74) is 7.55. The van der Waals surface area contributed by atoms with Crippen molar-refractivity contribution >= 4 is 11.3 Å². The smallest absolute Gasteiger partial charge is 0.0395 e. The number of hydrogen-bond donors (Lipinski definition) is 1. The van der Waals surface area contributed by atoms with Crippen molar-refractivity contribution in [3.63, 3.8) is 0 Å². The van der Waals surface area contributed by atoms with Gasteiger partial charge >= 0.3 is 0 Å². The van der Waals surface area contributed by atoms with E-state index in [1.165, 1.54) is 34.6 Å². The zero-order chi connectivity index (χ0) is 9.42. The summed E-state index contributed by atoms with van der Waals surface area (Å²) in [6, 6.07) is 2.54. The molecule has 2 heteroatoms. The van der Waals surface area contributed by atoms with Crippen molar-refractivity contribution in [2.45, 2.75) is 39.2 Å². The predicted octanol–water partition coefficient (Wildman–Crippen LogP) is 3.16. The molecule has 0 spiro atoms. The molecule has 1 saturated carbocycles. The van der Waals surface area contributed by atoms with E-state index in [2.05, 4.69) is 19.9 Å². The molecule has 1 aromatic rings. The molecule has 2 rings (SSSR count). The predicted molar refractivity (Wildman–Crippen MR) is 58.1 cm³/mol. The zero-order valence-corrected chi connectivity index (χ0v) is 9.16. The van der Waals surface area contributed by atoms with Crippen LogP contribution in [0.15, 0.2) is 6.07 Å². The van der Waals surface area contributed by atoms with E-state index in [1.807, 2.05) is 11.3 Å². The Hall–Kier alpha value is -0.340. The SMILES string of the molecule is Cc1cc(C)c(C(N)CC2CC2)s1. The fraction of sp³-hybridized carbons (Fsp3) is 0.636. The van der Waals surface area contributed by atoms with Crippen LogP contribution in [0, 0.1) is 19.8 Å². The van der Waals surface area contributed by atoms with E-state index in [-0.39, 0.29) is 0 Å². The molecule has 72 valence electrons. The van der Waals surface area contributed by atoms with Gasteiger partial charge in [0.05, 0.1) is 0 Å². The molecule has 0 bridgehead atoms. The maximum absolute atomic E-state index is 6.16. The van der Waals surface area contributed by atoms with E-state index in [1.54, 1.807) is 0 Å². The molecule has 1 atom stereocenters. The lowest BCUT2D eigenvalue weighted by Crippen LogP contribution is -2.10. The van der Waals surface area contributed by atoms with Crippen LogP contribution in [0.5, 0.6) is 0 Å². The molecule has 1 unspecified atom stereocenters. The van der Waals surface area contributed by atoms with Gasteiger partial charge in [-0.1, -0.05) is 12.8 Å². The van der Waals surface area contributed by atoms with Gasteiger partial charge in [0.25, 0.3) is 0 Å². The van der Waals surface area contributed by atoms with Crippen LogP contribution in [0.1, 0.15) is 40.6 Å². The van der Waals surface area contributed by atoms with Crippen LogP contribution in [0.2, 0.25) is 0 Å². The first-order valence-electron chi connectivity index (χ1n) is 4.99. The van der Waals surface area contributed by atoms with Gasteiger partial charge in [0, 0.05) is 15.8 Å². The van der Waals surface area contributed by atoms with Gasteiger partial charge in [0.2, 0.25) is 0 Å². The molecule has 1 aliphatic carbocycles. The Morgan fingerprint density at radius 3 is 2.69 bits per heavy atom. The van der Waals surface area contributed by atoms with E-state index >= 15 is 0 Å². The minimum absolute atomic E-state index is 0.297.